The summed E-state index contributed by atoms with van der Waals surface area (Å²) < 4.78 is 4.27. The molecule has 0 saturated heterocycles. The van der Waals surface area contributed by atoms with Gasteiger partial charge in [0, 0.05) is 12.5 Å². The van der Waals surface area contributed by atoms with Crippen molar-refractivity contribution >= 4 is 34.8 Å². The van der Waals surface area contributed by atoms with E-state index in [0.717, 1.165) is 13.0 Å². The lowest BCUT2D eigenvalue weighted by molar-refractivity contribution is 0.102. The van der Waals surface area contributed by atoms with E-state index in [2.05, 4.69) is 6.92 Å². The van der Waals surface area contributed by atoms with Gasteiger partial charge in [0.05, 0.1) is 6.61 Å². The Hall–Kier alpha value is 0.830. The zero-order chi connectivity index (χ0) is 12.4. The number of halogens is 3. The molecule has 0 N–H and O–H groups in total. The molecule has 16 heavy (non-hydrogen) atoms. The maximum atomic E-state index is 5.73. The van der Waals surface area contributed by atoms with E-state index in [1.54, 1.807) is 0 Å². The Labute approximate surface area is 115 Å². The first-order valence-electron chi connectivity index (χ1n) is 6.13. The molecule has 1 unspecified atom stereocenters. The van der Waals surface area contributed by atoms with Gasteiger partial charge in [0.25, 0.3) is 0 Å². The van der Waals surface area contributed by atoms with E-state index in [4.69, 9.17) is 39.5 Å². The molecule has 98 valence electrons. The molecule has 0 radical (unpaired) electrons. The van der Waals surface area contributed by atoms with Gasteiger partial charge in [-0.3, -0.25) is 0 Å². The van der Waals surface area contributed by atoms with E-state index >= 15 is 0 Å². The summed E-state index contributed by atoms with van der Waals surface area (Å²) in [5.74, 6) is -0.0578. The summed E-state index contributed by atoms with van der Waals surface area (Å²) in [6, 6.07) is 0. The first-order chi connectivity index (χ1) is 7.48. The van der Waals surface area contributed by atoms with Crippen molar-refractivity contribution in [2.45, 2.75) is 56.2 Å². The van der Waals surface area contributed by atoms with Crippen LogP contribution in [0.15, 0.2) is 0 Å². The fraction of sp³-hybridized carbons (Fsp3) is 1.00. The second kappa shape index (κ2) is 9.82. The zero-order valence-corrected chi connectivity index (χ0v) is 12.5. The highest BCUT2D eigenvalue weighted by Crippen LogP contribution is 2.34. The average Bonchev–Trinajstić information content (AvgIpc) is 2.20. The van der Waals surface area contributed by atoms with E-state index in [9.17, 15) is 0 Å². The van der Waals surface area contributed by atoms with Crippen molar-refractivity contribution < 1.29 is 4.74 Å². The number of hydrogen-bond acceptors (Lipinski definition) is 1. The molecule has 0 aliphatic carbocycles. The first-order valence-corrected chi connectivity index (χ1v) is 7.26. The lowest BCUT2D eigenvalue weighted by atomic mass is 10.1. The molecule has 0 heterocycles. The summed E-state index contributed by atoms with van der Waals surface area (Å²) in [4.78, 5) is 0. The van der Waals surface area contributed by atoms with Gasteiger partial charge in [0.1, 0.15) is 0 Å². The van der Waals surface area contributed by atoms with Crippen LogP contribution in [0.25, 0.3) is 0 Å². The van der Waals surface area contributed by atoms with Crippen molar-refractivity contribution in [1.82, 2.24) is 0 Å². The van der Waals surface area contributed by atoms with Crippen molar-refractivity contribution in [3.63, 3.8) is 0 Å². The third-order valence-corrected chi connectivity index (χ3v) is 3.69. The molecular formula is C12H23Cl3O. The standard InChI is InChI=1S/C12H23Cl3O/c1-3-4-5-6-7-8-9-16-10-11(2)12(13,14)15/h11H,3-10H2,1-2H3. The normalized spacial score (nSPS) is 14.1. The first kappa shape index (κ1) is 16.8. The molecule has 0 rings (SSSR count). The molecule has 0 amide bonds. The molecular weight excluding hydrogens is 266 g/mol. The predicted molar refractivity (Wildman–Crippen MR) is 73.6 cm³/mol. The van der Waals surface area contributed by atoms with E-state index in [1.165, 1.54) is 32.1 Å². The molecule has 4 heteroatoms. The Morgan fingerprint density at radius 1 is 1.00 bits per heavy atom. The molecule has 0 bridgehead atoms. The zero-order valence-electron chi connectivity index (χ0n) is 10.3. The molecule has 0 fully saturated rings. The van der Waals surface area contributed by atoms with E-state index in [0.29, 0.717) is 6.61 Å². The second-order valence-corrected chi connectivity index (χ2v) is 6.65. The summed E-state index contributed by atoms with van der Waals surface area (Å²) in [5, 5.41) is 0. The largest absolute Gasteiger partial charge is 0.381 e. The van der Waals surface area contributed by atoms with Crippen LogP contribution in [0.4, 0.5) is 0 Å². The van der Waals surface area contributed by atoms with Crippen molar-refractivity contribution in [2.24, 2.45) is 5.92 Å². The Morgan fingerprint density at radius 3 is 2.12 bits per heavy atom. The summed E-state index contributed by atoms with van der Waals surface area (Å²) in [6.45, 7) is 5.40. The van der Waals surface area contributed by atoms with Crippen LogP contribution in [0.2, 0.25) is 0 Å². The van der Waals surface area contributed by atoms with Gasteiger partial charge in [0.15, 0.2) is 3.79 Å². The molecule has 1 atom stereocenters. The smallest absolute Gasteiger partial charge is 0.195 e. The molecule has 0 spiro atoms. The number of ether oxygens (including phenoxy) is 1. The number of alkyl halides is 3. The molecule has 0 saturated carbocycles. The van der Waals surface area contributed by atoms with Crippen LogP contribution in [-0.4, -0.2) is 17.0 Å². The molecule has 0 aromatic carbocycles. The van der Waals surface area contributed by atoms with Crippen molar-refractivity contribution in [3.05, 3.63) is 0 Å². The molecule has 0 aromatic heterocycles. The van der Waals surface area contributed by atoms with E-state index in [-0.39, 0.29) is 5.92 Å². The molecule has 1 nitrogen and oxygen atoms in total. The monoisotopic (exact) mass is 288 g/mol. The molecule has 0 aliphatic heterocycles. The Morgan fingerprint density at radius 2 is 1.56 bits per heavy atom. The lowest BCUT2D eigenvalue weighted by Gasteiger charge is -2.19. The average molecular weight is 290 g/mol. The second-order valence-electron chi connectivity index (χ2n) is 4.29. The highest BCUT2D eigenvalue weighted by molar-refractivity contribution is 6.67. The van der Waals surface area contributed by atoms with Crippen molar-refractivity contribution in [2.75, 3.05) is 13.2 Å². The highest BCUT2D eigenvalue weighted by atomic mass is 35.6. The number of rotatable bonds is 9. The van der Waals surface area contributed by atoms with Crippen molar-refractivity contribution in [1.29, 1.82) is 0 Å². The van der Waals surface area contributed by atoms with Crippen LogP contribution in [-0.2, 0) is 4.74 Å². The Balaban J connectivity index is 3.21. The third kappa shape index (κ3) is 10.0. The Bertz CT molecular complexity index is 157. The van der Waals surface area contributed by atoms with Gasteiger partial charge in [0.2, 0.25) is 0 Å². The van der Waals surface area contributed by atoms with Crippen LogP contribution >= 0.6 is 34.8 Å². The molecule has 0 aliphatic rings. The highest BCUT2D eigenvalue weighted by Gasteiger charge is 2.28. The van der Waals surface area contributed by atoms with Gasteiger partial charge in [-0.1, -0.05) is 80.8 Å². The van der Waals surface area contributed by atoms with Crippen LogP contribution < -0.4 is 0 Å². The predicted octanol–water partition coefficient (Wildman–Crippen LogP) is 5.37. The van der Waals surface area contributed by atoms with Gasteiger partial charge in [-0.15, -0.1) is 0 Å². The maximum absolute atomic E-state index is 5.73. The third-order valence-electron chi connectivity index (χ3n) is 2.57. The summed E-state index contributed by atoms with van der Waals surface area (Å²) in [7, 11) is 0. The fourth-order valence-corrected chi connectivity index (χ4v) is 1.53. The van der Waals surface area contributed by atoms with Crippen molar-refractivity contribution in [3.8, 4) is 0 Å². The summed E-state index contributed by atoms with van der Waals surface area (Å²) in [5.41, 5.74) is 0. The topological polar surface area (TPSA) is 9.23 Å². The quantitative estimate of drug-likeness (QED) is 0.409. The summed E-state index contributed by atoms with van der Waals surface area (Å²) in [6.07, 6.45) is 7.61. The summed E-state index contributed by atoms with van der Waals surface area (Å²) >= 11 is 17.2. The molecule has 0 aromatic rings. The van der Waals surface area contributed by atoms with Gasteiger partial charge in [-0.05, 0) is 6.42 Å². The van der Waals surface area contributed by atoms with Crippen LogP contribution in [0, 0.1) is 5.92 Å². The lowest BCUT2D eigenvalue weighted by Crippen LogP contribution is -2.21. The Kier molecular flexibility index (Phi) is 10.3. The minimum Gasteiger partial charge on any atom is -0.381 e. The SMILES string of the molecule is CCCCCCCCOCC(C)C(Cl)(Cl)Cl. The van der Waals surface area contributed by atoms with Crippen LogP contribution in [0.5, 0.6) is 0 Å². The van der Waals surface area contributed by atoms with E-state index < -0.39 is 3.79 Å². The van der Waals surface area contributed by atoms with Gasteiger partial charge in [-0.25, -0.2) is 0 Å². The van der Waals surface area contributed by atoms with Gasteiger partial charge >= 0.3 is 0 Å². The van der Waals surface area contributed by atoms with Gasteiger partial charge < -0.3 is 4.74 Å². The minimum atomic E-state index is -1.21. The van der Waals surface area contributed by atoms with E-state index in [1.807, 2.05) is 6.92 Å². The number of unbranched alkanes of at least 4 members (excludes halogenated alkanes) is 5. The maximum Gasteiger partial charge on any atom is 0.195 e. The minimum absolute atomic E-state index is 0.0578. The van der Waals surface area contributed by atoms with Crippen LogP contribution in [0.3, 0.4) is 0 Å². The van der Waals surface area contributed by atoms with Gasteiger partial charge in [-0.2, -0.15) is 0 Å². The fourth-order valence-electron chi connectivity index (χ4n) is 1.34. The number of hydrogen-bond donors (Lipinski definition) is 0. The van der Waals surface area contributed by atoms with Crippen LogP contribution in [0.1, 0.15) is 52.4 Å².